The molecule has 27 heavy (non-hydrogen) atoms. The molecule has 0 heterocycles. The van der Waals surface area contributed by atoms with Gasteiger partial charge in [0.25, 0.3) is 0 Å². The van der Waals surface area contributed by atoms with Crippen molar-refractivity contribution < 1.29 is 39.3 Å². The highest BCUT2D eigenvalue weighted by Gasteiger charge is 2.28. The van der Waals surface area contributed by atoms with E-state index in [1.165, 1.54) is 6.92 Å². The minimum atomic E-state index is -1.61. The van der Waals surface area contributed by atoms with E-state index in [0.717, 1.165) is 0 Å². The zero-order valence-corrected chi connectivity index (χ0v) is 14.7. The van der Waals surface area contributed by atoms with Gasteiger partial charge in [0.05, 0.1) is 13.2 Å². The van der Waals surface area contributed by atoms with Crippen molar-refractivity contribution in [1.82, 2.24) is 16.0 Å². The molecule has 0 saturated heterocycles. The minimum Gasteiger partial charge on any atom is -0.480 e. The van der Waals surface area contributed by atoms with Crippen molar-refractivity contribution in [3.63, 3.8) is 0 Å². The van der Waals surface area contributed by atoms with Crippen molar-refractivity contribution in [2.45, 2.75) is 43.9 Å². The lowest BCUT2D eigenvalue weighted by Gasteiger charge is -2.23. The Morgan fingerprint density at radius 3 is 1.89 bits per heavy atom. The molecular formula is C14H25N5O8. The molecule has 0 aromatic carbocycles. The monoisotopic (exact) mass is 391 g/mol. The summed E-state index contributed by atoms with van der Waals surface area (Å²) in [7, 11) is 0. The molecule has 0 aliphatic rings. The van der Waals surface area contributed by atoms with Crippen LogP contribution in [0.3, 0.4) is 0 Å². The average molecular weight is 391 g/mol. The lowest BCUT2D eigenvalue weighted by Crippen LogP contribution is -2.57. The summed E-state index contributed by atoms with van der Waals surface area (Å²) < 4.78 is 0. The molecule has 0 radical (unpaired) electrons. The fourth-order valence-corrected chi connectivity index (χ4v) is 1.78. The first-order valence-electron chi connectivity index (χ1n) is 7.93. The molecule has 4 atom stereocenters. The van der Waals surface area contributed by atoms with Gasteiger partial charge in [-0.1, -0.05) is 0 Å². The predicted molar refractivity (Wildman–Crippen MR) is 89.7 cm³/mol. The molecule has 0 spiro atoms. The number of carboxylic acid groups (broad SMARTS) is 1. The van der Waals surface area contributed by atoms with Crippen LogP contribution in [0, 0.1) is 0 Å². The molecule has 0 rings (SSSR count). The second-order valence-electron chi connectivity index (χ2n) is 5.67. The third-order valence-corrected chi connectivity index (χ3v) is 3.40. The predicted octanol–water partition coefficient (Wildman–Crippen LogP) is -4.88. The van der Waals surface area contributed by atoms with E-state index in [0.29, 0.717) is 0 Å². The topological polar surface area (TPSA) is 234 Å². The molecule has 4 amide bonds. The summed E-state index contributed by atoms with van der Waals surface area (Å²) in [5.74, 6) is -4.84. The molecule has 154 valence electrons. The van der Waals surface area contributed by atoms with Gasteiger partial charge in [-0.15, -0.1) is 0 Å². The SMILES string of the molecule is CC(NC(=O)C(N)CO)C(=O)NC(CCC(N)=O)C(=O)NC(CO)C(=O)O. The molecule has 10 N–H and O–H groups in total. The molecule has 0 saturated carbocycles. The summed E-state index contributed by atoms with van der Waals surface area (Å²) in [6.45, 7) is -0.237. The molecule has 0 aromatic rings. The summed E-state index contributed by atoms with van der Waals surface area (Å²) in [5, 5.41) is 33.1. The number of carbonyl (C=O) groups is 5. The average Bonchev–Trinajstić information content (AvgIpc) is 2.60. The number of carboxylic acids is 1. The molecule has 13 nitrogen and oxygen atoms in total. The van der Waals surface area contributed by atoms with Crippen LogP contribution in [-0.2, 0) is 24.0 Å². The number of hydrogen-bond acceptors (Lipinski definition) is 8. The summed E-state index contributed by atoms with van der Waals surface area (Å²) in [4.78, 5) is 57.7. The van der Waals surface area contributed by atoms with E-state index in [2.05, 4.69) is 10.6 Å². The molecule has 0 aromatic heterocycles. The third-order valence-electron chi connectivity index (χ3n) is 3.40. The Kier molecular flexibility index (Phi) is 10.6. The van der Waals surface area contributed by atoms with Crippen LogP contribution in [0.15, 0.2) is 0 Å². The molecule has 4 unspecified atom stereocenters. The largest absolute Gasteiger partial charge is 0.480 e. The maximum Gasteiger partial charge on any atom is 0.328 e. The van der Waals surface area contributed by atoms with Crippen molar-refractivity contribution in [3.8, 4) is 0 Å². The van der Waals surface area contributed by atoms with Crippen LogP contribution in [0.25, 0.3) is 0 Å². The number of nitrogens with two attached hydrogens (primary N) is 2. The molecule has 0 aliphatic carbocycles. The van der Waals surface area contributed by atoms with Crippen LogP contribution in [0.5, 0.6) is 0 Å². The van der Waals surface area contributed by atoms with E-state index < -0.39 is 67.0 Å². The van der Waals surface area contributed by atoms with Crippen LogP contribution in [0.1, 0.15) is 19.8 Å². The highest BCUT2D eigenvalue weighted by molar-refractivity contribution is 5.94. The van der Waals surface area contributed by atoms with Gasteiger partial charge in [-0.3, -0.25) is 19.2 Å². The number of primary amides is 1. The highest BCUT2D eigenvalue weighted by Crippen LogP contribution is 2.00. The fraction of sp³-hybridized carbons (Fsp3) is 0.643. The molecule has 0 aliphatic heterocycles. The fourth-order valence-electron chi connectivity index (χ4n) is 1.78. The second kappa shape index (κ2) is 11.8. The van der Waals surface area contributed by atoms with Crippen LogP contribution in [0.2, 0.25) is 0 Å². The van der Waals surface area contributed by atoms with Gasteiger partial charge in [-0.25, -0.2) is 4.79 Å². The van der Waals surface area contributed by atoms with Gasteiger partial charge in [0, 0.05) is 6.42 Å². The number of aliphatic hydroxyl groups is 2. The maximum atomic E-state index is 12.2. The first-order chi connectivity index (χ1) is 12.5. The van der Waals surface area contributed by atoms with E-state index >= 15 is 0 Å². The summed E-state index contributed by atoms with van der Waals surface area (Å²) in [5.41, 5.74) is 10.3. The molecular weight excluding hydrogens is 366 g/mol. The molecule has 13 heteroatoms. The lowest BCUT2D eigenvalue weighted by atomic mass is 10.1. The Hall–Kier alpha value is -2.77. The number of carbonyl (C=O) groups excluding carboxylic acids is 4. The lowest BCUT2D eigenvalue weighted by molar-refractivity contribution is -0.143. The Bertz CT molecular complexity index is 570. The van der Waals surface area contributed by atoms with Crippen LogP contribution in [0.4, 0.5) is 0 Å². The Labute approximate surface area is 154 Å². The van der Waals surface area contributed by atoms with Gasteiger partial charge in [0.1, 0.15) is 24.2 Å². The summed E-state index contributed by atoms with van der Waals surface area (Å²) in [6, 6.07) is -5.34. The van der Waals surface area contributed by atoms with Crippen LogP contribution in [-0.4, -0.2) is 82.3 Å². The van der Waals surface area contributed by atoms with E-state index in [-0.39, 0.29) is 12.8 Å². The standard InChI is InChI=1S/C14H25N5O8/c1-6(17-12(24)7(15)4-20)11(23)18-8(2-3-10(16)22)13(25)19-9(5-21)14(26)27/h6-9,20-21H,2-5,15H2,1H3,(H2,16,22)(H,17,24)(H,18,23)(H,19,25)(H,26,27). The molecule has 0 bridgehead atoms. The highest BCUT2D eigenvalue weighted by atomic mass is 16.4. The minimum absolute atomic E-state index is 0.235. The van der Waals surface area contributed by atoms with Gasteiger partial charge in [0.15, 0.2) is 0 Å². The number of aliphatic carboxylic acids is 1. The van der Waals surface area contributed by atoms with E-state index in [4.69, 9.17) is 26.8 Å². The number of aliphatic hydroxyl groups excluding tert-OH is 2. The normalized spacial score (nSPS) is 15.0. The number of nitrogens with one attached hydrogen (secondary N) is 3. The van der Waals surface area contributed by atoms with Crippen LogP contribution >= 0.6 is 0 Å². The zero-order chi connectivity index (χ0) is 21.1. The van der Waals surface area contributed by atoms with Crippen molar-refractivity contribution in [2.75, 3.05) is 13.2 Å². The van der Waals surface area contributed by atoms with Gasteiger partial charge in [-0.2, -0.15) is 0 Å². The van der Waals surface area contributed by atoms with E-state index in [1.54, 1.807) is 0 Å². The third kappa shape index (κ3) is 8.94. The smallest absolute Gasteiger partial charge is 0.328 e. The van der Waals surface area contributed by atoms with Crippen molar-refractivity contribution >= 4 is 29.6 Å². The summed E-state index contributed by atoms with van der Waals surface area (Å²) >= 11 is 0. The second-order valence-corrected chi connectivity index (χ2v) is 5.67. The van der Waals surface area contributed by atoms with Crippen molar-refractivity contribution in [1.29, 1.82) is 0 Å². The molecule has 0 fully saturated rings. The number of rotatable bonds is 12. The quantitative estimate of drug-likeness (QED) is 0.159. The zero-order valence-electron chi connectivity index (χ0n) is 14.7. The number of amides is 4. The number of hydrogen-bond donors (Lipinski definition) is 8. The first kappa shape index (κ1) is 24.2. The van der Waals surface area contributed by atoms with Crippen LogP contribution < -0.4 is 27.4 Å². The summed E-state index contributed by atoms with van der Waals surface area (Å²) in [6.07, 6.45) is -0.521. The van der Waals surface area contributed by atoms with Gasteiger partial charge in [0.2, 0.25) is 23.6 Å². The van der Waals surface area contributed by atoms with Crippen molar-refractivity contribution in [3.05, 3.63) is 0 Å². The Balaban J connectivity index is 5.04. The maximum absolute atomic E-state index is 12.2. The van der Waals surface area contributed by atoms with Gasteiger partial charge < -0.3 is 42.7 Å². The van der Waals surface area contributed by atoms with E-state index in [9.17, 15) is 24.0 Å². The first-order valence-corrected chi connectivity index (χ1v) is 7.93. The van der Waals surface area contributed by atoms with Gasteiger partial charge >= 0.3 is 5.97 Å². The Morgan fingerprint density at radius 2 is 1.44 bits per heavy atom. The van der Waals surface area contributed by atoms with Crippen molar-refractivity contribution in [2.24, 2.45) is 11.5 Å². The van der Waals surface area contributed by atoms with E-state index in [1.807, 2.05) is 5.32 Å². The Morgan fingerprint density at radius 1 is 0.889 bits per heavy atom. The van der Waals surface area contributed by atoms with Gasteiger partial charge in [-0.05, 0) is 13.3 Å².